The zero-order valence-electron chi connectivity index (χ0n) is 17.5. The highest BCUT2D eigenvalue weighted by Gasteiger charge is 2.41. The van der Waals surface area contributed by atoms with Gasteiger partial charge >= 0.3 is 0 Å². The first-order valence-corrected chi connectivity index (χ1v) is 10.7. The third-order valence-electron chi connectivity index (χ3n) is 6.37. The maximum Gasteiger partial charge on any atom is 0.222 e. The Bertz CT molecular complexity index is 1120. The molecule has 1 spiro atoms. The van der Waals surface area contributed by atoms with Crippen LogP contribution in [-0.2, 0) is 16.1 Å². The quantitative estimate of drug-likeness (QED) is 0.615. The van der Waals surface area contributed by atoms with Crippen molar-refractivity contribution in [1.29, 1.82) is 0 Å². The molecular formula is C25H26N2O3. The number of pyridine rings is 1. The van der Waals surface area contributed by atoms with Crippen LogP contribution in [0.4, 0.5) is 0 Å². The molecule has 1 fully saturated rings. The first kappa shape index (κ1) is 19.1. The Labute approximate surface area is 176 Å². The molecule has 3 heterocycles. The molecule has 1 saturated heterocycles. The number of aryl methyl sites for hydroxylation is 1. The lowest BCUT2D eigenvalue weighted by molar-refractivity contribution is -0.227. The molecule has 1 amide bonds. The number of carbonyl (C=O) groups excluding carboxylic acids is 1. The number of aromatic nitrogens is 1. The number of hydrogen-bond acceptors (Lipinski definition) is 4. The van der Waals surface area contributed by atoms with E-state index in [2.05, 4.69) is 48.3 Å². The average molecular weight is 402 g/mol. The van der Waals surface area contributed by atoms with E-state index in [1.54, 1.807) is 0 Å². The van der Waals surface area contributed by atoms with Crippen molar-refractivity contribution in [1.82, 2.24) is 9.88 Å². The molecule has 5 nitrogen and oxygen atoms in total. The first-order valence-electron chi connectivity index (χ1n) is 10.7. The van der Waals surface area contributed by atoms with Gasteiger partial charge in [0.1, 0.15) is 5.75 Å². The lowest BCUT2D eigenvalue weighted by Crippen LogP contribution is -2.52. The van der Waals surface area contributed by atoms with Gasteiger partial charge in [0.05, 0.1) is 12.1 Å². The van der Waals surface area contributed by atoms with Crippen LogP contribution in [0, 0.1) is 6.92 Å². The molecule has 154 valence electrons. The first-order chi connectivity index (χ1) is 14.6. The van der Waals surface area contributed by atoms with E-state index in [9.17, 15) is 4.79 Å². The van der Waals surface area contributed by atoms with E-state index in [4.69, 9.17) is 9.47 Å². The standard InChI is InChI=1S/C25H26N2O3/c1-3-23(28)27-13-10-25(11-14-27)29-16-20-15-19(7-9-22(20)30-25)21-8-6-18-5-4-12-26-24(18)17(21)2/h4-9,12,15H,3,10-11,13-14,16H2,1-2H3. The predicted molar refractivity (Wildman–Crippen MR) is 116 cm³/mol. The summed E-state index contributed by atoms with van der Waals surface area (Å²) in [6, 6.07) is 14.7. The Hall–Kier alpha value is -2.92. The summed E-state index contributed by atoms with van der Waals surface area (Å²) >= 11 is 0. The number of amides is 1. The van der Waals surface area contributed by atoms with Gasteiger partial charge in [-0.3, -0.25) is 9.78 Å². The topological polar surface area (TPSA) is 51.7 Å². The molecule has 5 rings (SSSR count). The van der Waals surface area contributed by atoms with Crippen LogP contribution in [0.2, 0.25) is 0 Å². The molecule has 0 atom stereocenters. The fourth-order valence-corrected chi connectivity index (χ4v) is 4.57. The normalized spacial score (nSPS) is 17.6. The van der Waals surface area contributed by atoms with Gasteiger partial charge in [-0.2, -0.15) is 0 Å². The SMILES string of the molecule is CCC(=O)N1CCC2(CC1)OCc1cc(-c3ccc4cccnc4c3C)ccc1O2. The minimum atomic E-state index is -0.609. The highest BCUT2D eigenvalue weighted by molar-refractivity contribution is 5.88. The van der Waals surface area contributed by atoms with E-state index >= 15 is 0 Å². The van der Waals surface area contributed by atoms with Crippen LogP contribution in [-0.4, -0.2) is 34.7 Å². The Morgan fingerprint density at radius 2 is 2.00 bits per heavy atom. The summed E-state index contributed by atoms with van der Waals surface area (Å²) in [7, 11) is 0. The summed E-state index contributed by atoms with van der Waals surface area (Å²) in [6.45, 7) is 5.92. The van der Waals surface area contributed by atoms with Crippen molar-refractivity contribution in [2.75, 3.05) is 13.1 Å². The Morgan fingerprint density at radius 1 is 1.17 bits per heavy atom. The number of ether oxygens (including phenoxy) is 2. The molecular weight excluding hydrogens is 376 g/mol. The predicted octanol–water partition coefficient (Wildman–Crippen LogP) is 4.85. The number of hydrogen-bond donors (Lipinski definition) is 0. The maximum absolute atomic E-state index is 12.0. The van der Waals surface area contributed by atoms with Crippen molar-refractivity contribution in [3.8, 4) is 16.9 Å². The number of nitrogens with zero attached hydrogens (tertiary/aromatic N) is 2. The van der Waals surface area contributed by atoms with Crippen molar-refractivity contribution in [2.24, 2.45) is 0 Å². The molecule has 2 aliphatic rings. The van der Waals surface area contributed by atoms with Gasteiger partial charge in [0.2, 0.25) is 11.7 Å². The van der Waals surface area contributed by atoms with Crippen LogP contribution in [0.3, 0.4) is 0 Å². The smallest absolute Gasteiger partial charge is 0.222 e. The van der Waals surface area contributed by atoms with Crippen LogP contribution in [0.1, 0.15) is 37.3 Å². The summed E-state index contributed by atoms with van der Waals surface area (Å²) < 4.78 is 12.6. The van der Waals surface area contributed by atoms with Gasteiger partial charge in [-0.15, -0.1) is 0 Å². The fraction of sp³-hybridized carbons (Fsp3) is 0.360. The lowest BCUT2D eigenvalue weighted by Gasteiger charge is -2.44. The molecule has 5 heteroatoms. The van der Waals surface area contributed by atoms with Gasteiger partial charge in [0.25, 0.3) is 0 Å². The number of carbonyl (C=O) groups is 1. The molecule has 30 heavy (non-hydrogen) atoms. The molecule has 0 bridgehead atoms. The van der Waals surface area contributed by atoms with Crippen LogP contribution >= 0.6 is 0 Å². The fourth-order valence-electron chi connectivity index (χ4n) is 4.57. The maximum atomic E-state index is 12.0. The van der Waals surface area contributed by atoms with Gasteiger partial charge in [-0.25, -0.2) is 0 Å². The summed E-state index contributed by atoms with van der Waals surface area (Å²) in [4.78, 5) is 18.4. The number of benzene rings is 2. The summed E-state index contributed by atoms with van der Waals surface area (Å²) in [5, 5.41) is 1.15. The zero-order chi connectivity index (χ0) is 20.7. The number of rotatable bonds is 2. The van der Waals surface area contributed by atoms with Crippen molar-refractivity contribution < 1.29 is 14.3 Å². The molecule has 2 aromatic carbocycles. The zero-order valence-corrected chi connectivity index (χ0v) is 17.5. The third-order valence-corrected chi connectivity index (χ3v) is 6.37. The number of fused-ring (bicyclic) bond motifs is 2. The molecule has 0 aliphatic carbocycles. The van der Waals surface area contributed by atoms with Crippen molar-refractivity contribution in [3.63, 3.8) is 0 Å². The summed E-state index contributed by atoms with van der Waals surface area (Å²) in [6.07, 6.45) is 3.79. The third kappa shape index (κ3) is 3.23. The van der Waals surface area contributed by atoms with E-state index in [0.29, 0.717) is 39.0 Å². The van der Waals surface area contributed by atoms with Gasteiger partial charge < -0.3 is 14.4 Å². The second kappa shape index (κ2) is 7.40. The van der Waals surface area contributed by atoms with Gasteiger partial charge in [-0.1, -0.05) is 31.2 Å². The van der Waals surface area contributed by atoms with Crippen LogP contribution < -0.4 is 4.74 Å². The molecule has 1 aromatic heterocycles. The van der Waals surface area contributed by atoms with E-state index in [1.165, 1.54) is 11.1 Å². The van der Waals surface area contributed by atoms with E-state index < -0.39 is 5.79 Å². The second-order valence-corrected chi connectivity index (χ2v) is 8.17. The molecule has 0 radical (unpaired) electrons. The molecule has 0 unspecified atom stereocenters. The van der Waals surface area contributed by atoms with Crippen molar-refractivity contribution in [2.45, 2.75) is 45.5 Å². The number of piperidine rings is 1. The second-order valence-electron chi connectivity index (χ2n) is 8.17. The number of likely N-dealkylation sites (tertiary alicyclic amines) is 1. The minimum Gasteiger partial charge on any atom is -0.462 e. The molecule has 2 aliphatic heterocycles. The lowest BCUT2D eigenvalue weighted by atomic mass is 9.95. The molecule has 3 aromatic rings. The minimum absolute atomic E-state index is 0.200. The van der Waals surface area contributed by atoms with E-state index in [-0.39, 0.29) is 5.91 Å². The van der Waals surface area contributed by atoms with Gasteiger partial charge in [-0.05, 0) is 41.8 Å². The highest BCUT2D eigenvalue weighted by atomic mass is 16.7. The summed E-state index contributed by atoms with van der Waals surface area (Å²) in [5.41, 5.74) is 5.59. The summed E-state index contributed by atoms with van der Waals surface area (Å²) in [5.74, 6) is 0.477. The van der Waals surface area contributed by atoms with Crippen molar-refractivity contribution >= 4 is 16.8 Å². The molecule has 0 saturated carbocycles. The largest absolute Gasteiger partial charge is 0.462 e. The van der Waals surface area contributed by atoms with Crippen molar-refractivity contribution in [3.05, 3.63) is 59.8 Å². The monoisotopic (exact) mass is 402 g/mol. The van der Waals surface area contributed by atoms with Crippen LogP contribution in [0.15, 0.2) is 48.7 Å². The Balaban J connectivity index is 1.39. The van der Waals surface area contributed by atoms with E-state index in [1.807, 2.05) is 24.1 Å². The van der Waals surface area contributed by atoms with Gasteiger partial charge in [0.15, 0.2) is 0 Å². The van der Waals surface area contributed by atoms with Crippen LogP contribution in [0.5, 0.6) is 5.75 Å². The van der Waals surface area contributed by atoms with Crippen LogP contribution in [0.25, 0.3) is 22.0 Å². The van der Waals surface area contributed by atoms with E-state index in [0.717, 1.165) is 27.8 Å². The Kier molecular flexibility index (Phi) is 4.70. The molecule has 0 N–H and O–H groups in total. The average Bonchev–Trinajstić information content (AvgIpc) is 2.79. The van der Waals surface area contributed by atoms with Gasteiger partial charge in [0, 0.05) is 49.5 Å². The highest BCUT2D eigenvalue weighted by Crippen LogP contribution is 2.40. The Morgan fingerprint density at radius 3 is 2.80 bits per heavy atom.